The number of allylic oxidation sites excluding steroid dienone is 1. The van der Waals surface area contributed by atoms with E-state index < -0.39 is 12.0 Å². The summed E-state index contributed by atoms with van der Waals surface area (Å²) in [6.45, 7) is 7.98. The van der Waals surface area contributed by atoms with Gasteiger partial charge in [-0.3, -0.25) is 9.36 Å². The van der Waals surface area contributed by atoms with Crippen molar-refractivity contribution in [3.8, 4) is 11.5 Å². The molecule has 1 aromatic heterocycles. The maximum absolute atomic E-state index is 14.1. The Morgan fingerprint density at radius 3 is 2.41 bits per heavy atom. The second-order valence-corrected chi connectivity index (χ2v) is 13.9. The number of hydrogen-bond acceptors (Lipinski definition) is 7. The van der Waals surface area contributed by atoms with E-state index in [0.29, 0.717) is 44.3 Å². The van der Waals surface area contributed by atoms with Crippen molar-refractivity contribution >= 4 is 71.2 Å². The second-order valence-electron chi connectivity index (χ2n) is 10.2. The molecule has 0 saturated carbocycles. The standard InChI is InChI=1S/C33H29Br3N2O5S/c1-5-41-32(40)28-19(4)37-33-38(29(28)23-8-6-7-9-26(23)43-18(2)3)31(39)27(44-33)16-21-14-24(35)30(25(36)15-21)42-17-20-10-12-22(34)13-11-20/h6-16,18,29H,5,17H2,1-4H3/b27-16+/t29-/m1/s1. The Hall–Kier alpha value is -2.99. The van der Waals surface area contributed by atoms with Gasteiger partial charge in [-0.1, -0.05) is 57.6 Å². The molecule has 11 heteroatoms. The van der Waals surface area contributed by atoms with Crippen molar-refractivity contribution in [2.45, 2.75) is 46.4 Å². The molecule has 3 aromatic carbocycles. The molecular weight excluding hydrogens is 776 g/mol. The zero-order valence-corrected chi connectivity index (χ0v) is 30.0. The van der Waals surface area contributed by atoms with E-state index in [0.717, 1.165) is 24.5 Å². The van der Waals surface area contributed by atoms with Crippen molar-refractivity contribution in [3.05, 3.63) is 122 Å². The molecule has 0 spiro atoms. The Labute approximate surface area is 284 Å². The number of thiazole rings is 1. The average Bonchev–Trinajstić information content (AvgIpc) is 3.26. The Morgan fingerprint density at radius 2 is 1.75 bits per heavy atom. The summed E-state index contributed by atoms with van der Waals surface area (Å²) in [4.78, 5) is 32.6. The number of carbonyl (C=O) groups excluding carboxylic acids is 1. The summed E-state index contributed by atoms with van der Waals surface area (Å²) in [5, 5.41) is 0. The third-order valence-electron chi connectivity index (χ3n) is 6.71. The zero-order chi connectivity index (χ0) is 31.5. The molecule has 4 aromatic rings. The fourth-order valence-electron chi connectivity index (χ4n) is 4.84. The minimum atomic E-state index is -0.768. The molecule has 228 valence electrons. The molecule has 0 aliphatic carbocycles. The number of ether oxygens (including phenoxy) is 3. The number of hydrogen-bond donors (Lipinski definition) is 0. The lowest BCUT2D eigenvalue weighted by molar-refractivity contribution is -0.139. The molecule has 1 aliphatic rings. The average molecular weight is 805 g/mol. The highest BCUT2D eigenvalue weighted by molar-refractivity contribution is 9.11. The first-order chi connectivity index (χ1) is 21.1. The number of rotatable bonds is 9. The molecule has 1 atom stereocenters. The van der Waals surface area contributed by atoms with Gasteiger partial charge in [-0.25, -0.2) is 9.79 Å². The van der Waals surface area contributed by atoms with Gasteiger partial charge in [-0.05, 0) is 107 Å². The molecule has 0 saturated heterocycles. The quantitative estimate of drug-likeness (QED) is 0.164. The van der Waals surface area contributed by atoms with Crippen LogP contribution in [0.2, 0.25) is 0 Å². The maximum Gasteiger partial charge on any atom is 0.338 e. The highest BCUT2D eigenvalue weighted by Crippen LogP contribution is 2.37. The predicted octanol–water partition coefficient (Wildman–Crippen LogP) is 7.45. The van der Waals surface area contributed by atoms with E-state index in [2.05, 4.69) is 52.8 Å². The van der Waals surface area contributed by atoms with Crippen LogP contribution in [0.4, 0.5) is 0 Å². The fourth-order valence-corrected chi connectivity index (χ4v) is 7.60. The molecule has 0 fully saturated rings. The van der Waals surface area contributed by atoms with Crippen molar-refractivity contribution < 1.29 is 19.0 Å². The summed E-state index contributed by atoms with van der Waals surface area (Å²) in [7, 11) is 0. The number of esters is 1. The smallest absolute Gasteiger partial charge is 0.338 e. The number of fused-ring (bicyclic) bond motifs is 1. The van der Waals surface area contributed by atoms with Crippen LogP contribution < -0.4 is 24.4 Å². The van der Waals surface area contributed by atoms with Gasteiger partial charge in [0, 0.05) is 10.0 Å². The van der Waals surface area contributed by atoms with E-state index in [9.17, 15) is 9.59 Å². The molecule has 7 nitrogen and oxygen atoms in total. The summed E-state index contributed by atoms with van der Waals surface area (Å²) >= 11 is 12.0. The molecule has 0 N–H and O–H groups in total. The van der Waals surface area contributed by atoms with Crippen molar-refractivity contribution in [2.75, 3.05) is 6.61 Å². The second kappa shape index (κ2) is 14.0. The van der Waals surface area contributed by atoms with Gasteiger partial charge in [-0.15, -0.1) is 0 Å². The largest absolute Gasteiger partial charge is 0.491 e. The van der Waals surface area contributed by atoms with E-state index in [1.165, 1.54) is 11.3 Å². The molecular formula is C33H29Br3N2O5S. The minimum absolute atomic E-state index is 0.109. The third kappa shape index (κ3) is 6.96. The van der Waals surface area contributed by atoms with Crippen LogP contribution in [0.5, 0.6) is 11.5 Å². The maximum atomic E-state index is 14.1. The van der Waals surface area contributed by atoms with Crippen molar-refractivity contribution in [3.63, 3.8) is 0 Å². The van der Waals surface area contributed by atoms with Crippen LogP contribution in [-0.4, -0.2) is 23.2 Å². The van der Waals surface area contributed by atoms with Crippen LogP contribution in [0, 0.1) is 0 Å². The summed E-state index contributed by atoms with van der Waals surface area (Å²) in [5.74, 6) is 0.729. The normalized spacial score (nSPS) is 14.8. The number of carbonyl (C=O) groups is 1. The Morgan fingerprint density at radius 1 is 1.07 bits per heavy atom. The van der Waals surface area contributed by atoms with Crippen LogP contribution in [0.1, 0.15) is 50.4 Å². The number of nitrogens with zero attached hydrogens (tertiary/aromatic N) is 2. The van der Waals surface area contributed by atoms with Gasteiger partial charge in [0.25, 0.3) is 5.56 Å². The lowest BCUT2D eigenvalue weighted by Crippen LogP contribution is -2.40. The van der Waals surface area contributed by atoms with Crippen LogP contribution in [0.25, 0.3) is 6.08 Å². The van der Waals surface area contributed by atoms with Gasteiger partial charge in [0.05, 0.1) is 37.5 Å². The van der Waals surface area contributed by atoms with Gasteiger partial charge < -0.3 is 14.2 Å². The third-order valence-corrected chi connectivity index (χ3v) is 9.40. The molecule has 0 unspecified atom stereocenters. The van der Waals surface area contributed by atoms with Gasteiger partial charge in [0.1, 0.15) is 24.1 Å². The topological polar surface area (TPSA) is 79.1 Å². The first kappa shape index (κ1) is 32.4. The SMILES string of the molecule is CCOC(=O)C1=C(C)N=c2s/c(=C/c3cc(Br)c(OCc4ccc(Br)cc4)c(Br)c3)c(=O)n2[C@@H]1c1ccccc1OC(C)C. The first-order valence-corrected chi connectivity index (χ1v) is 17.1. The monoisotopic (exact) mass is 802 g/mol. The van der Waals surface area contributed by atoms with Crippen molar-refractivity contribution in [2.24, 2.45) is 4.99 Å². The molecule has 0 amide bonds. The highest BCUT2D eigenvalue weighted by Gasteiger charge is 2.35. The fraction of sp³-hybridized carbons (Fsp3) is 0.242. The van der Waals surface area contributed by atoms with E-state index in [1.807, 2.05) is 80.6 Å². The molecule has 2 heterocycles. The zero-order valence-electron chi connectivity index (χ0n) is 24.4. The highest BCUT2D eigenvalue weighted by atomic mass is 79.9. The summed E-state index contributed by atoms with van der Waals surface area (Å²) in [5.41, 5.74) is 3.04. The number of aromatic nitrogens is 1. The van der Waals surface area contributed by atoms with E-state index >= 15 is 0 Å². The van der Waals surface area contributed by atoms with E-state index in [4.69, 9.17) is 14.2 Å². The van der Waals surface area contributed by atoms with Crippen molar-refractivity contribution in [1.29, 1.82) is 0 Å². The minimum Gasteiger partial charge on any atom is -0.491 e. The van der Waals surface area contributed by atoms with Crippen LogP contribution >= 0.6 is 59.1 Å². The summed E-state index contributed by atoms with van der Waals surface area (Å²) < 4.78 is 22.2. The summed E-state index contributed by atoms with van der Waals surface area (Å²) in [6.07, 6.45) is 1.70. The van der Waals surface area contributed by atoms with Gasteiger partial charge in [0.2, 0.25) is 0 Å². The predicted molar refractivity (Wildman–Crippen MR) is 183 cm³/mol. The lowest BCUT2D eigenvalue weighted by Gasteiger charge is -2.26. The van der Waals surface area contributed by atoms with Gasteiger partial charge >= 0.3 is 5.97 Å². The van der Waals surface area contributed by atoms with E-state index in [1.54, 1.807) is 18.4 Å². The summed E-state index contributed by atoms with van der Waals surface area (Å²) in [6, 6.07) is 18.4. The van der Waals surface area contributed by atoms with E-state index in [-0.39, 0.29) is 18.3 Å². The Kier molecular flexibility index (Phi) is 10.3. The number of benzene rings is 3. The van der Waals surface area contributed by atoms with Gasteiger partial charge in [0.15, 0.2) is 4.80 Å². The van der Waals surface area contributed by atoms with Gasteiger partial charge in [-0.2, -0.15) is 0 Å². The molecule has 0 radical (unpaired) electrons. The van der Waals surface area contributed by atoms with Crippen LogP contribution in [0.15, 0.2) is 95.1 Å². The molecule has 5 rings (SSSR count). The Balaban J connectivity index is 1.58. The molecule has 0 bridgehead atoms. The Bertz CT molecular complexity index is 1910. The lowest BCUT2D eigenvalue weighted by atomic mass is 9.95. The first-order valence-electron chi connectivity index (χ1n) is 13.9. The number of para-hydroxylation sites is 1. The van der Waals surface area contributed by atoms with Crippen LogP contribution in [-0.2, 0) is 16.1 Å². The molecule has 1 aliphatic heterocycles. The molecule has 44 heavy (non-hydrogen) atoms. The number of halogens is 3. The van der Waals surface area contributed by atoms with Crippen LogP contribution in [0.3, 0.4) is 0 Å². The van der Waals surface area contributed by atoms with Crippen molar-refractivity contribution in [1.82, 2.24) is 4.57 Å².